The molecule has 0 N–H and O–H groups in total. The highest BCUT2D eigenvalue weighted by Gasteiger charge is 2.35. The molecular formula is C14H27NS. The second-order valence-corrected chi connectivity index (χ2v) is 6.33. The number of likely N-dealkylation sites (tertiary alicyclic amines) is 1. The lowest BCUT2D eigenvalue weighted by Crippen LogP contribution is -2.43. The lowest BCUT2D eigenvalue weighted by atomic mass is 9.86. The van der Waals surface area contributed by atoms with Gasteiger partial charge in [-0.1, -0.05) is 26.2 Å². The third-order valence-electron chi connectivity index (χ3n) is 4.74. The third kappa shape index (κ3) is 2.95. The van der Waals surface area contributed by atoms with Gasteiger partial charge in [0.25, 0.3) is 0 Å². The second-order valence-electron chi connectivity index (χ2n) is 6.02. The minimum atomic E-state index is 0.568. The standard InChI is InChI=1S/C14H27NS/c1-2-13-6-5-9-15(10-13)11-14(12-16)7-3-4-8-14/h13,16H,2-12H2,1H3. The molecule has 0 aromatic carbocycles. The zero-order valence-corrected chi connectivity index (χ0v) is 11.6. The number of rotatable bonds is 4. The van der Waals surface area contributed by atoms with Gasteiger partial charge in [0.15, 0.2) is 0 Å². The summed E-state index contributed by atoms with van der Waals surface area (Å²) in [5, 5.41) is 0. The average Bonchev–Trinajstić information content (AvgIpc) is 2.78. The fraction of sp³-hybridized carbons (Fsp3) is 1.00. The van der Waals surface area contributed by atoms with E-state index in [-0.39, 0.29) is 0 Å². The molecule has 0 amide bonds. The number of hydrogen-bond donors (Lipinski definition) is 1. The van der Waals surface area contributed by atoms with Crippen molar-refractivity contribution in [3.63, 3.8) is 0 Å². The normalized spacial score (nSPS) is 30.8. The van der Waals surface area contributed by atoms with E-state index in [1.165, 1.54) is 64.6 Å². The van der Waals surface area contributed by atoms with Crippen molar-refractivity contribution in [2.45, 2.75) is 51.9 Å². The van der Waals surface area contributed by atoms with Crippen molar-refractivity contribution < 1.29 is 0 Å². The summed E-state index contributed by atoms with van der Waals surface area (Å²) in [7, 11) is 0. The summed E-state index contributed by atoms with van der Waals surface area (Å²) in [5.74, 6) is 2.06. The lowest BCUT2D eigenvalue weighted by Gasteiger charge is -2.39. The van der Waals surface area contributed by atoms with Crippen LogP contribution in [0.3, 0.4) is 0 Å². The van der Waals surface area contributed by atoms with E-state index in [9.17, 15) is 0 Å². The molecule has 1 aliphatic carbocycles. The van der Waals surface area contributed by atoms with Crippen molar-refractivity contribution in [3.05, 3.63) is 0 Å². The minimum absolute atomic E-state index is 0.568. The molecule has 1 saturated heterocycles. The largest absolute Gasteiger partial charge is 0.302 e. The van der Waals surface area contributed by atoms with Gasteiger partial charge in [0.05, 0.1) is 0 Å². The van der Waals surface area contributed by atoms with Crippen LogP contribution in [0.15, 0.2) is 0 Å². The summed E-state index contributed by atoms with van der Waals surface area (Å²) in [6, 6.07) is 0. The van der Waals surface area contributed by atoms with Crippen LogP contribution in [0.25, 0.3) is 0 Å². The number of piperidine rings is 1. The third-order valence-corrected chi connectivity index (χ3v) is 5.41. The van der Waals surface area contributed by atoms with Crippen LogP contribution in [-0.4, -0.2) is 30.3 Å². The van der Waals surface area contributed by atoms with Crippen LogP contribution < -0.4 is 0 Å². The molecule has 1 unspecified atom stereocenters. The maximum absolute atomic E-state index is 4.62. The maximum Gasteiger partial charge on any atom is 0.00459 e. The van der Waals surface area contributed by atoms with E-state index in [2.05, 4.69) is 24.5 Å². The van der Waals surface area contributed by atoms with Crippen LogP contribution in [0, 0.1) is 11.3 Å². The van der Waals surface area contributed by atoms with Gasteiger partial charge in [0.1, 0.15) is 0 Å². The monoisotopic (exact) mass is 241 g/mol. The van der Waals surface area contributed by atoms with Crippen LogP contribution in [0.4, 0.5) is 0 Å². The Morgan fingerprint density at radius 3 is 2.62 bits per heavy atom. The Hall–Kier alpha value is 0.310. The number of nitrogens with zero attached hydrogens (tertiary/aromatic N) is 1. The van der Waals surface area contributed by atoms with Gasteiger partial charge in [-0.05, 0) is 49.3 Å². The van der Waals surface area contributed by atoms with Gasteiger partial charge in [0, 0.05) is 13.1 Å². The molecule has 2 aliphatic rings. The zero-order chi connectivity index (χ0) is 11.4. The summed E-state index contributed by atoms with van der Waals surface area (Å²) < 4.78 is 0. The quantitative estimate of drug-likeness (QED) is 0.736. The predicted octanol–water partition coefficient (Wildman–Crippen LogP) is 3.60. The Kier molecular flexibility index (Phi) is 4.60. The molecule has 94 valence electrons. The van der Waals surface area contributed by atoms with E-state index in [1.807, 2.05) is 0 Å². The van der Waals surface area contributed by atoms with Crippen molar-refractivity contribution in [3.8, 4) is 0 Å². The van der Waals surface area contributed by atoms with Crippen molar-refractivity contribution in [1.82, 2.24) is 4.90 Å². The van der Waals surface area contributed by atoms with Gasteiger partial charge in [0.2, 0.25) is 0 Å². The summed E-state index contributed by atoms with van der Waals surface area (Å²) >= 11 is 4.62. The Morgan fingerprint density at radius 2 is 2.00 bits per heavy atom. The molecule has 1 saturated carbocycles. The lowest BCUT2D eigenvalue weighted by molar-refractivity contribution is 0.115. The molecule has 0 bridgehead atoms. The van der Waals surface area contributed by atoms with Crippen LogP contribution in [-0.2, 0) is 0 Å². The van der Waals surface area contributed by atoms with Crippen molar-refractivity contribution in [1.29, 1.82) is 0 Å². The first-order valence-electron chi connectivity index (χ1n) is 7.11. The molecule has 1 aliphatic heterocycles. The van der Waals surface area contributed by atoms with Gasteiger partial charge in [-0.2, -0.15) is 12.6 Å². The molecule has 0 aromatic rings. The molecule has 1 atom stereocenters. The Bertz CT molecular complexity index is 211. The van der Waals surface area contributed by atoms with E-state index < -0.39 is 0 Å². The van der Waals surface area contributed by atoms with Gasteiger partial charge in [-0.25, -0.2) is 0 Å². The number of thiol groups is 1. The van der Waals surface area contributed by atoms with Crippen LogP contribution in [0.5, 0.6) is 0 Å². The first-order chi connectivity index (χ1) is 7.78. The summed E-state index contributed by atoms with van der Waals surface area (Å²) in [6.45, 7) is 6.36. The van der Waals surface area contributed by atoms with E-state index in [0.29, 0.717) is 5.41 Å². The SMILES string of the molecule is CCC1CCCN(CC2(CS)CCCC2)C1. The van der Waals surface area contributed by atoms with Gasteiger partial charge >= 0.3 is 0 Å². The topological polar surface area (TPSA) is 3.24 Å². The van der Waals surface area contributed by atoms with Crippen molar-refractivity contribution in [2.24, 2.45) is 11.3 Å². The first kappa shape index (κ1) is 12.8. The van der Waals surface area contributed by atoms with E-state index in [0.717, 1.165) is 11.7 Å². The predicted molar refractivity (Wildman–Crippen MR) is 74.2 cm³/mol. The van der Waals surface area contributed by atoms with Crippen molar-refractivity contribution >= 4 is 12.6 Å². The molecule has 0 spiro atoms. The van der Waals surface area contributed by atoms with Crippen LogP contribution in [0.2, 0.25) is 0 Å². The zero-order valence-electron chi connectivity index (χ0n) is 10.7. The smallest absolute Gasteiger partial charge is 0.00459 e. The second kappa shape index (κ2) is 5.77. The molecule has 0 radical (unpaired) electrons. The first-order valence-corrected chi connectivity index (χ1v) is 7.74. The molecular weight excluding hydrogens is 214 g/mol. The summed E-state index contributed by atoms with van der Waals surface area (Å²) in [4.78, 5) is 2.74. The Labute approximate surface area is 106 Å². The number of hydrogen-bond acceptors (Lipinski definition) is 2. The fourth-order valence-electron chi connectivity index (χ4n) is 3.59. The van der Waals surface area contributed by atoms with Crippen LogP contribution >= 0.6 is 12.6 Å². The molecule has 1 heterocycles. The molecule has 16 heavy (non-hydrogen) atoms. The van der Waals surface area contributed by atoms with E-state index >= 15 is 0 Å². The molecule has 2 heteroatoms. The van der Waals surface area contributed by atoms with E-state index in [1.54, 1.807) is 0 Å². The van der Waals surface area contributed by atoms with Gasteiger partial charge in [-0.3, -0.25) is 0 Å². The van der Waals surface area contributed by atoms with Gasteiger partial charge in [-0.15, -0.1) is 0 Å². The molecule has 2 fully saturated rings. The Morgan fingerprint density at radius 1 is 1.25 bits per heavy atom. The Balaban J connectivity index is 1.87. The minimum Gasteiger partial charge on any atom is -0.302 e. The highest BCUT2D eigenvalue weighted by Crippen LogP contribution is 2.40. The average molecular weight is 241 g/mol. The summed E-state index contributed by atoms with van der Waals surface area (Å²) in [5.41, 5.74) is 0.568. The summed E-state index contributed by atoms with van der Waals surface area (Å²) in [6.07, 6.45) is 9.96. The van der Waals surface area contributed by atoms with Crippen molar-refractivity contribution in [2.75, 3.05) is 25.4 Å². The highest BCUT2D eigenvalue weighted by atomic mass is 32.1. The molecule has 2 rings (SSSR count). The maximum atomic E-state index is 4.62. The van der Waals surface area contributed by atoms with Gasteiger partial charge < -0.3 is 4.90 Å². The molecule has 0 aromatic heterocycles. The highest BCUT2D eigenvalue weighted by molar-refractivity contribution is 7.80. The van der Waals surface area contributed by atoms with E-state index in [4.69, 9.17) is 0 Å². The molecule has 1 nitrogen and oxygen atoms in total. The van der Waals surface area contributed by atoms with Crippen LogP contribution in [0.1, 0.15) is 51.9 Å². The fourth-order valence-corrected chi connectivity index (χ4v) is 4.01.